The molecule has 15 heavy (non-hydrogen) atoms. The van der Waals surface area contributed by atoms with Gasteiger partial charge in [0.1, 0.15) is 0 Å². The summed E-state index contributed by atoms with van der Waals surface area (Å²) in [4.78, 5) is 7.90. The summed E-state index contributed by atoms with van der Waals surface area (Å²) >= 11 is 1.60. The van der Waals surface area contributed by atoms with Gasteiger partial charge in [-0.3, -0.25) is 4.90 Å². The van der Waals surface area contributed by atoms with E-state index in [0.717, 1.165) is 12.5 Å². The van der Waals surface area contributed by atoms with Crippen LogP contribution in [0.2, 0.25) is 0 Å². The molecule has 1 saturated heterocycles. The summed E-state index contributed by atoms with van der Waals surface area (Å²) in [5.74, 6) is 0.797. The predicted molar refractivity (Wildman–Crippen MR) is 64.8 cm³/mol. The lowest BCUT2D eigenvalue weighted by Gasteiger charge is -2.30. The van der Waals surface area contributed by atoms with Gasteiger partial charge in [-0.05, 0) is 26.2 Å². The number of rotatable bonds is 2. The van der Waals surface area contributed by atoms with Crippen molar-refractivity contribution in [3.8, 4) is 0 Å². The van der Waals surface area contributed by atoms with Crippen LogP contribution in [-0.2, 0) is 6.54 Å². The molecular formula is C11H19N3S. The number of thiazole rings is 1. The number of nitrogen functional groups attached to an aromatic ring is 1. The molecule has 1 aromatic heterocycles. The molecule has 0 spiro atoms. The van der Waals surface area contributed by atoms with Crippen molar-refractivity contribution in [1.82, 2.24) is 9.88 Å². The second-order valence-electron chi connectivity index (χ2n) is 5.17. The van der Waals surface area contributed by atoms with Crippen LogP contribution >= 0.6 is 11.3 Å². The largest absolute Gasteiger partial charge is 0.375 e. The lowest BCUT2D eigenvalue weighted by molar-refractivity contribution is 0.167. The minimum atomic E-state index is 0.318. The van der Waals surface area contributed by atoms with Gasteiger partial charge in [-0.15, -0.1) is 11.3 Å². The maximum absolute atomic E-state index is 5.64. The molecule has 2 N–H and O–H groups in total. The normalized spacial score (nSPS) is 25.9. The van der Waals surface area contributed by atoms with Crippen LogP contribution in [0.15, 0.2) is 6.20 Å². The van der Waals surface area contributed by atoms with Crippen LogP contribution < -0.4 is 5.73 Å². The Morgan fingerprint density at radius 1 is 1.67 bits per heavy atom. The maximum Gasteiger partial charge on any atom is 0.180 e. The van der Waals surface area contributed by atoms with Crippen molar-refractivity contribution in [3.05, 3.63) is 11.1 Å². The zero-order valence-corrected chi connectivity index (χ0v) is 10.5. The highest BCUT2D eigenvalue weighted by molar-refractivity contribution is 7.15. The molecule has 3 nitrogen and oxygen atoms in total. The SMILES string of the molecule is CC1CN(Cc2cnc(N)s2)C(C)(C)C1. The van der Waals surface area contributed by atoms with Crippen LogP contribution in [0.3, 0.4) is 0 Å². The number of aromatic nitrogens is 1. The van der Waals surface area contributed by atoms with Crippen LogP contribution in [0.5, 0.6) is 0 Å². The Balaban J connectivity index is 2.06. The Bertz CT molecular complexity index is 345. The minimum absolute atomic E-state index is 0.318. The molecule has 0 aliphatic carbocycles. The van der Waals surface area contributed by atoms with E-state index in [-0.39, 0.29) is 0 Å². The molecule has 0 radical (unpaired) electrons. The second-order valence-corrected chi connectivity index (χ2v) is 6.31. The summed E-state index contributed by atoms with van der Waals surface area (Å²) < 4.78 is 0. The van der Waals surface area contributed by atoms with Crippen LogP contribution in [0.4, 0.5) is 5.13 Å². The van der Waals surface area contributed by atoms with Crippen molar-refractivity contribution in [3.63, 3.8) is 0 Å². The third kappa shape index (κ3) is 2.32. The fourth-order valence-electron chi connectivity index (χ4n) is 2.53. The fraction of sp³-hybridized carbons (Fsp3) is 0.727. The first-order valence-electron chi connectivity index (χ1n) is 5.42. The molecule has 1 atom stereocenters. The van der Waals surface area contributed by atoms with E-state index in [1.165, 1.54) is 17.8 Å². The molecule has 4 heteroatoms. The van der Waals surface area contributed by atoms with Gasteiger partial charge in [-0.25, -0.2) is 4.98 Å². The van der Waals surface area contributed by atoms with Crippen molar-refractivity contribution >= 4 is 16.5 Å². The molecule has 2 rings (SSSR count). The lowest BCUT2D eigenvalue weighted by Crippen LogP contribution is -2.37. The standard InChI is InChI=1S/C11H19N3S/c1-8-4-11(2,3)14(6-8)7-9-5-13-10(12)15-9/h5,8H,4,6-7H2,1-3H3,(H2,12,13). The third-order valence-corrected chi connectivity index (χ3v) is 3.97. The molecular weight excluding hydrogens is 206 g/mol. The van der Waals surface area contributed by atoms with Crippen molar-refractivity contribution in [2.24, 2.45) is 5.92 Å². The zero-order valence-electron chi connectivity index (χ0n) is 9.66. The first-order chi connectivity index (χ1) is 6.97. The van der Waals surface area contributed by atoms with E-state index in [1.807, 2.05) is 6.20 Å². The number of likely N-dealkylation sites (tertiary alicyclic amines) is 1. The van der Waals surface area contributed by atoms with Gasteiger partial charge in [0.2, 0.25) is 0 Å². The topological polar surface area (TPSA) is 42.2 Å². The molecule has 1 aliphatic heterocycles. The highest BCUT2D eigenvalue weighted by atomic mass is 32.1. The Morgan fingerprint density at radius 3 is 2.87 bits per heavy atom. The van der Waals surface area contributed by atoms with Gasteiger partial charge in [-0.1, -0.05) is 6.92 Å². The van der Waals surface area contributed by atoms with Gasteiger partial charge in [-0.2, -0.15) is 0 Å². The van der Waals surface area contributed by atoms with E-state index in [4.69, 9.17) is 5.73 Å². The fourth-order valence-corrected chi connectivity index (χ4v) is 3.23. The number of anilines is 1. The molecule has 0 aromatic carbocycles. The molecule has 0 saturated carbocycles. The molecule has 0 amide bonds. The molecule has 1 unspecified atom stereocenters. The number of nitrogens with zero attached hydrogens (tertiary/aromatic N) is 2. The van der Waals surface area contributed by atoms with Gasteiger partial charge in [0, 0.05) is 29.7 Å². The Morgan fingerprint density at radius 2 is 2.40 bits per heavy atom. The third-order valence-electron chi connectivity index (χ3n) is 3.15. The number of hydrogen-bond acceptors (Lipinski definition) is 4. The van der Waals surface area contributed by atoms with Crippen LogP contribution in [0.25, 0.3) is 0 Å². The molecule has 1 aliphatic rings. The van der Waals surface area contributed by atoms with Crippen LogP contribution in [0, 0.1) is 5.92 Å². The minimum Gasteiger partial charge on any atom is -0.375 e. The smallest absolute Gasteiger partial charge is 0.180 e. The van der Waals surface area contributed by atoms with Gasteiger partial charge in [0.05, 0.1) is 0 Å². The zero-order chi connectivity index (χ0) is 11.1. The summed E-state index contributed by atoms with van der Waals surface area (Å²) in [6, 6.07) is 0. The molecule has 84 valence electrons. The highest BCUT2D eigenvalue weighted by Gasteiger charge is 2.36. The second kappa shape index (κ2) is 3.76. The van der Waals surface area contributed by atoms with Crippen LogP contribution in [0.1, 0.15) is 32.1 Å². The maximum atomic E-state index is 5.64. The quantitative estimate of drug-likeness (QED) is 0.840. The molecule has 1 fully saturated rings. The molecule has 2 heterocycles. The summed E-state index contributed by atoms with van der Waals surface area (Å²) in [6.45, 7) is 9.14. The van der Waals surface area contributed by atoms with Gasteiger partial charge in [0.25, 0.3) is 0 Å². The first-order valence-corrected chi connectivity index (χ1v) is 6.24. The average Bonchev–Trinajstić information content (AvgIpc) is 2.58. The lowest BCUT2D eigenvalue weighted by atomic mass is 9.98. The van der Waals surface area contributed by atoms with E-state index in [1.54, 1.807) is 11.3 Å². The summed E-state index contributed by atoms with van der Waals surface area (Å²) in [5, 5.41) is 0.676. The monoisotopic (exact) mass is 225 g/mol. The highest BCUT2D eigenvalue weighted by Crippen LogP contribution is 2.34. The predicted octanol–water partition coefficient (Wildman–Crippen LogP) is 2.35. The summed E-state index contributed by atoms with van der Waals surface area (Å²) in [5.41, 5.74) is 5.95. The van der Waals surface area contributed by atoms with Crippen LogP contribution in [-0.4, -0.2) is 22.0 Å². The van der Waals surface area contributed by atoms with E-state index < -0.39 is 0 Å². The van der Waals surface area contributed by atoms with Gasteiger partial charge < -0.3 is 5.73 Å². The van der Waals surface area contributed by atoms with E-state index in [0.29, 0.717) is 10.7 Å². The average molecular weight is 225 g/mol. The number of nitrogens with two attached hydrogens (primary N) is 1. The van der Waals surface area contributed by atoms with E-state index >= 15 is 0 Å². The van der Waals surface area contributed by atoms with Crippen molar-refractivity contribution in [2.75, 3.05) is 12.3 Å². The summed E-state index contributed by atoms with van der Waals surface area (Å²) in [7, 11) is 0. The van der Waals surface area contributed by atoms with E-state index in [9.17, 15) is 0 Å². The van der Waals surface area contributed by atoms with Crippen molar-refractivity contribution < 1.29 is 0 Å². The van der Waals surface area contributed by atoms with Gasteiger partial charge >= 0.3 is 0 Å². The Hall–Kier alpha value is -0.610. The Labute approximate surface area is 95.3 Å². The molecule has 0 bridgehead atoms. The number of hydrogen-bond donors (Lipinski definition) is 1. The van der Waals surface area contributed by atoms with Gasteiger partial charge in [0.15, 0.2) is 5.13 Å². The first kappa shape index (κ1) is 10.9. The van der Waals surface area contributed by atoms with E-state index in [2.05, 4.69) is 30.7 Å². The van der Waals surface area contributed by atoms with Crippen molar-refractivity contribution in [1.29, 1.82) is 0 Å². The summed E-state index contributed by atoms with van der Waals surface area (Å²) in [6.07, 6.45) is 3.18. The Kier molecular flexibility index (Phi) is 2.73. The molecule has 1 aromatic rings. The van der Waals surface area contributed by atoms with Crippen molar-refractivity contribution in [2.45, 2.75) is 39.3 Å².